The van der Waals surface area contributed by atoms with Gasteiger partial charge < -0.3 is 5.73 Å². The molecule has 3 heteroatoms. The molecule has 0 fully saturated rings. The molecule has 114 valence electrons. The molecular weight excluding hydrogens is 268 g/mol. The van der Waals surface area contributed by atoms with Crippen molar-refractivity contribution >= 4 is 11.6 Å². The van der Waals surface area contributed by atoms with Gasteiger partial charge in [0.05, 0.1) is 6.04 Å². The van der Waals surface area contributed by atoms with E-state index in [1.165, 1.54) is 5.56 Å². The van der Waals surface area contributed by atoms with Crippen LogP contribution in [0.2, 0.25) is 5.02 Å². The van der Waals surface area contributed by atoms with Crippen molar-refractivity contribution < 1.29 is 0 Å². The average molecular weight is 297 g/mol. The molecule has 2 nitrogen and oxygen atoms in total. The Morgan fingerprint density at radius 1 is 1.10 bits per heavy atom. The minimum absolute atomic E-state index is 0.136. The van der Waals surface area contributed by atoms with Crippen LogP contribution in [-0.4, -0.2) is 23.5 Å². The van der Waals surface area contributed by atoms with E-state index in [1.54, 1.807) is 0 Å². The van der Waals surface area contributed by atoms with E-state index < -0.39 is 0 Å². The Balaban J connectivity index is 3.11. The normalized spacial score (nSPS) is 15.1. The number of hydrogen-bond acceptors (Lipinski definition) is 2. The van der Waals surface area contributed by atoms with Gasteiger partial charge in [0.15, 0.2) is 0 Å². The molecule has 1 aromatic carbocycles. The summed E-state index contributed by atoms with van der Waals surface area (Å²) in [4.78, 5) is 2.52. The third-order valence-corrected chi connectivity index (χ3v) is 3.94. The molecule has 20 heavy (non-hydrogen) atoms. The smallest absolute Gasteiger partial charge is 0.0501 e. The third-order valence-electron chi connectivity index (χ3n) is 3.69. The Hall–Kier alpha value is -0.570. The highest BCUT2D eigenvalue weighted by atomic mass is 35.5. The Labute approximate surface area is 129 Å². The summed E-state index contributed by atoms with van der Waals surface area (Å²) in [6.07, 6.45) is 0.967. The van der Waals surface area contributed by atoms with E-state index in [2.05, 4.69) is 51.7 Å². The summed E-state index contributed by atoms with van der Waals surface area (Å²) in [5, 5.41) is 0.775. The second-order valence-electron chi connectivity index (χ2n) is 6.25. The van der Waals surface area contributed by atoms with Gasteiger partial charge in [-0.25, -0.2) is 0 Å². The van der Waals surface area contributed by atoms with Crippen molar-refractivity contribution in [3.05, 3.63) is 34.9 Å². The van der Waals surface area contributed by atoms with Crippen LogP contribution in [0.1, 0.15) is 52.6 Å². The van der Waals surface area contributed by atoms with Crippen molar-refractivity contribution in [3.63, 3.8) is 0 Å². The minimum atomic E-state index is 0.136. The largest absolute Gasteiger partial charge is 0.326 e. The van der Waals surface area contributed by atoms with Gasteiger partial charge in [-0.3, -0.25) is 4.90 Å². The van der Waals surface area contributed by atoms with Crippen LogP contribution in [0.5, 0.6) is 0 Å². The highest BCUT2D eigenvalue weighted by molar-refractivity contribution is 6.30. The summed E-state index contributed by atoms with van der Waals surface area (Å²) >= 11 is 6.01. The van der Waals surface area contributed by atoms with E-state index in [9.17, 15) is 0 Å². The molecule has 2 atom stereocenters. The van der Waals surface area contributed by atoms with Crippen molar-refractivity contribution in [2.75, 3.05) is 6.54 Å². The number of benzene rings is 1. The minimum Gasteiger partial charge on any atom is -0.326 e. The number of nitrogens with zero attached hydrogens (tertiary/aromatic N) is 1. The van der Waals surface area contributed by atoms with Gasteiger partial charge in [-0.2, -0.15) is 0 Å². The second-order valence-corrected chi connectivity index (χ2v) is 6.69. The summed E-state index contributed by atoms with van der Waals surface area (Å²) in [6.45, 7) is 12.2. The lowest BCUT2D eigenvalue weighted by molar-refractivity contribution is 0.114. The molecule has 0 spiro atoms. The molecule has 2 N–H and O–H groups in total. The first-order valence-electron chi connectivity index (χ1n) is 7.63. The first kappa shape index (κ1) is 17.5. The molecule has 0 aliphatic carbocycles. The molecule has 0 saturated heterocycles. The molecule has 2 unspecified atom stereocenters. The molecule has 1 rings (SSSR count). The molecule has 0 amide bonds. The Kier molecular flexibility index (Phi) is 7.01. The highest BCUT2D eigenvalue weighted by Gasteiger charge is 2.28. The quantitative estimate of drug-likeness (QED) is 0.803. The lowest BCUT2D eigenvalue weighted by Gasteiger charge is -2.39. The Morgan fingerprint density at radius 2 is 1.65 bits per heavy atom. The number of hydrogen-bond donors (Lipinski definition) is 1. The van der Waals surface area contributed by atoms with Gasteiger partial charge in [-0.1, -0.05) is 44.5 Å². The molecule has 0 heterocycles. The Bertz CT molecular complexity index is 386. The van der Waals surface area contributed by atoms with Gasteiger partial charge in [0.25, 0.3) is 0 Å². The zero-order valence-electron chi connectivity index (χ0n) is 13.4. The van der Waals surface area contributed by atoms with Crippen molar-refractivity contribution in [3.8, 4) is 0 Å². The fourth-order valence-corrected chi connectivity index (χ4v) is 2.76. The highest BCUT2D eigenvalue weighted by Crippen LogP contribution is 2.29. The van der Waals surface area contributed by atoms with E-state index in [-0.39, 0.29) is 12.1 Å². The fraction of sp³-hybridized carbons (Fsp3) is 0.647. The van der Waals surface area contributed by atoms with Crippen LogP contribution in [0, 0.1) is 5.92 Å². The monoisotopic (exact) mass is 296 g/mol. The number of rotatable bonds is 7. The standard InChI is InChI=1S/C17H29ClN2/c1-6-16(19)17(14-7-9-15(18)10-8-14)20(13(4)5)11-12(2)3/h7-10,12-13,16-17H,6,11,19H2,1-5H3. The Morgan fingerprint density at radius 3 is 2.05 bits per heavy atom. The molecule has 0 bridgehead atoms. The van der Waals surface area contributed by atoms with Crippen molar-refractivity contribution in [1.29, 1.82) is 0 Å². The molecule has 0 aliphatic heterocycles. The molecular formula is C17H29ClN2. The lowest BCUT2D eigenvalue weighted by Crippen LogP contribution is -2.45. The van der Waals surface area contributed by atoms with Gasteiger partial charge in [0.2, 0.25) is 0 Å². The van der Waals surface area contributed by atoms with Crippen LogP contribution in [0.3, 0.4) is 0 Å². The zero-order chi connectivity index (χ0) is 15.3. The summed E-state index contributed by atoms with van der Waals surface area (Å²) in [7, 11) is 0. The third kappa shape index (κ3) is 4.76. The van der Waals surface area contributed by atoms with Gasteiger partial charge in [0.1, 0.15) is 0 Å². The fourth-order valence-electron chi connectivity index (χ4n) is 2.64. The first-order valence-corrected chi connectivity index (χ1v) is 8.01. The molecule has 0 aromatic heterocycles. The molecule has 0 saturated carbocycles. The van der Waals surface area contributed by atoms with Crippen molar-refractivity contribution in [2.24, 2.45) is 11.7 Å². The van der Waals surface area contributed by atoms with E-state index >= 15 is 0 Å². The predicted octanol–water partition coefficient (Wildman–Crippen LogP) is 4.48. The van der Waals surface area contributed by atoms with Crippen LogP contribution in [0.4, 0.5) is 0 Å². The van der Waals surface area contributed by atoms with E-state index in [4.69, 9.17) is 17.3 Å². The topological polar surface area (TPSA) is 29.3 Å². The zero-order valence-corrected chi connectivity index (χ0v) is 14.2. The number of halogens is 1. The maximum absolute atomic E-state index is 6.43. The number of nitrogens with two attached hydrogens (primary N) is 1. The molecule has 1 aromatic rings. The summed E-state index contributed by atoms with van der Waals surface area (Å²) in [5.74, 6) is 0.622. The maximum atomic E-state index is 6.43. The van der Waals surface area contributed by atoms with Gasteiger partial charge in [-0.15, -0.1) is 0 Å². The summed E-state index contributed by atoms with van der Waals surface area (Å²) in [6, 6.07) is 8.99. The van der Waals surface area contributed by atoms with Crippen LogP contribution < -0.4 is 5.73 Å². The van der Waals surface area contributed by atoms with E-state index in [1.807, 2.05) is 12.1 Å². The van der Waals surface area contributed by atoms with Crippen LogP contribution >= 0.6 is 11.6 Å². The van der Waals surface area contributed by atoms with Gasteiger partial charge >= 0.3 is 0 Å². The second kappa shape index (κ2) is 8.02. The van der Waals surface area contributed by atoms with Gasteiger partial charge in [-0.05, 0) is 43.9 Å². The van der Waals surface area contributed by atoms with E-state index in [0.29, 0.717) is 12.0 Å². The van der Waals surface area contributed by atoms with Crippen LogP contribution in [-0.2, 0) is 0 Å². The first-order chi connectivity index (χ1) is 9.36. The molecule has 0 radical (unpaired) electrons. The maximum Gasteiger partial charge on any atom is 0.0501 e. The molecule has 0 aliphatic rings. The summed E-state index contributed by atoms with van der Waals surface area (Å²) in [5.41, 5.74) is 7.69. The lowest BCUT2D eigenvalue weighted by atomic mass is 9.94. The van der Waals surface area contributed by atoms with E-state index in [0.717, 1.165) is 18.0 Å². The summed E-state index contributed by atoms with van der Waals surface area (Å²) < 4.78 is 0. The van der Waals surface area contributed by atoms with Gasteiger partial charge in [0, 0.05) is 23.7 Å². The van der Waals surface area contributed by atoms with Crippen molar-refractivity contribution in [1.82, 2.24) is 4.90 Å². The average Bonchev–Trinajstić information content (AvgIpc) is 2.39. The van der Waals surface area contributed by atoms with Crippen LogP contribution in [0.25, 0.3) is 0 Å². The van der Waals surface area contributed by atoms with Crippen molar-refractivity contribution in [2.45, 2.75) is 59.2 Å². The SMILES string of the molecule is CCC(N)C(c1ccc(Cl)cc1)N(CC(C)C)C(C)C. The van der Waals surface area contributed by atoms with Crippen LogP contribution in [0.15, 0.2) is 24.3 Å². The predicted molar refractivity (Wildman–Crippen MR) is 89.1 cm³/mol.